The van der Waals surface area contributed by atoms with Gasteiger partial charge in [-0.2, -0.15) is 0 Å². The van der Waals surface area contributed by atoms with E-state index < -0.39 is 0 Å². The van der Waals surface area contributed by atoms with Gasteiger partial charge >= 0.3 is 0 Å². The Hall–Kier alpha value is -0.880. The zero-order valence-corrected chi connectivity index (χ0v) is 10.2. The number of halogens is 1. The number of hydrogen-bond acceptors (Lipinski definition) is 5. The van der Waals surface area contributed by atoms with Crippen LogP contribution in [0.15, 0.2) is 0 Å². The molecule has 0 saturated carbocycles. The van der Waals surface area contributed by atoms with E-state index in [-0.39, 0.29) is 23.9 Å². The first-order valence-corrected chi connectivity index (χ1v) is 5.19. The maximum atomic E-state index is 11.9. The number of nitrogens with two attached hydrogens (primary N) is 1. The highest BCUT2D eigenvalue weighted by Gasteiger charge is 2.40. The molecule has 0 radical (unpaired) electrons. The fourth-order valence-electron chi connectivity index (χ4n) is 1.52. The molecular formula is C8H13ClN4OS. The van der Waals surface area contributed by atoms with Crippen molar-refractivity contribution >= 4 is 34.8 Å². The lowest BCUT2D eigenvalue weighted by Crippen LogP contribution is -2.58. The van der Waals surface area contributed by atoms with E-state index >= 15 is 0 Å². The normalized spacial score (nSPS) is 17.9. The largest absolute Gasteiger partial charge is 0.387 e. The van der Waals surface area contributed by atoms with Crippen LogP contribution in [0.25, 0.3) is 0 Å². The van der Waals surface area contributed by atoms with Crippen LogP contribution in [0.4, 0.5) is 5.00 Å². The summed E-state index contributed by atoms with van der Waals surface area (Å²) < 4.78 is 3.65. The van der Waals surface area contributed by atoms with Gasteiger partial charge in [-0.15, -0.1) is 17.5 Å². The molecule has 0 bridgehead atoms. The number of aromatic nitrogens is 2. The van der Waals surface area contributed by atoms with Crippen molar-refractivity contribution in [3.8, 4) is 0 Å². The molecule has 15 heavy (non-hydrogen) atoms. The molecule has 1 aliphatic rings. The van der Waals surface area contributed by atoms with Gasteiger partial charge in [0.05, 0.1) is 0 Å². The summed E-state index contributed by atoms with van der Waals surface area (Å²) in [5.41, 5.74) is 5.82. The minimum atomic E-state index is -0.104. The Bertz CT molecular complexity index is 378. The highest BCUT2D eigenvalue weighted by molar-refractivity contribution is 7.10. The molecule has 1 saturated heterocycles. The van der Waals surface area contributed by atoms with Crippen molar-refractivity contribution in [2.45, 2.75) is 25.8 Å². The third-order valence-electron chi connectivity index (χ3n) is 2.64. The van der Waals surface area contributed by atoms with Crippen LogP contribution >= 0.6 is 23.9 Å². The van der Waals surface area contributed by atoms with E-state index in [2.05, 4.69) is 9.59 Å². The van der Waals surface area contributed by atoms with Gasteiger partial charge in [0.2, 0.25) is 0 Å². The fraction of sp³-hybridized carbons (Fsp3) is 0.625. The van der Waals surface area contributed by atoms with Crippen molar-refractivity contribution < 1.29 is 4.79 Å². The number of carbonyl (C=O) groups is 1. The second kappa shape index (κ2) is 3.94. The molecule has 1 aromatic heterocycles. The Labute approximate surface area is 98.2 Å². The van der Waals surface area contributed by atoms with Gasteiger partial charge in [0, 0.05) is 23.6 Å². The van der Waals surface area contributed by atoms with E-state index in [0.29, 0.717) is 10.7 Å². The predicted octanol–water partition coefficient (Wildman–Crippen LogP) is 1.17. The topological polar surface area (TPSA) is 72.1 Å². The van der Waals surface area contributed by atoms with Crippen LogP contribution < -0.4 is 5.73 Å². The van der Waals surface area contributed by atoms with Crippen LogP contribution in [0.5, 0.6) is 0 Å². The molecule has 0 aliphatic carbocycles. The number of rotatable bonds is 1. The van der Waals surface area contributed by atoms with Crippen LogP contribution in [0, 0.1) is 0 Å². The Kier molecular flexibility index (Phi) is 3.20. The number of likely N-dealkylation sites (tertiary alicyclic amines) is 1. The van der Waals surface area contributed by atoms with E-state index in [1.165, 1.54) is 0 Å². The van der Waals surface area contributed by atoms with E-state index in [0.717, 1.165) is 24.5 Å². The summed E-state index contributed by atoms with van der Waals surface area (Å²) in [6.07, 6.45) is 1.02. The van der Waals surface area contributed by atoms with Crippen LogP contribution in [0.2, 0.25) is 0 Å². The van der Waals surface area contributed by atoms with E-state index in [9.17, 15) is 4.79 Å². The number of nitrogens with zero attached hydrogens (tertiary/aromatic N) is 3. The molecule has 7 heteroatoms. The van der Waals surface area contributed by atoms with Gasteiger partial charge in [-0.1, -0.05) is 4.49 Å². The second-order valence-electron chi connectivity index (χ2n) is 4.01. The minimum Gasteiger partial charge on any atom is -0.387 e. The van der Waals surface area contributed by atoms with Gasteiger partial charge in [0.15, 0.2) is 5.69 Å². The summed E-state index contributed by atoms with van der Waals surface area (Å²) in [5, 5.41) is 4.14. The van der Waals surface area contributed by atoms with Crippen molar-refractivity contribution in [3.63, 3.8) is 0 Å². The summed E-state index contributed by atoms with van der Waals surface area (Å²) in [6, 6.07) is 0. The van der Waals surface area contributed by atoms with E-state index in [1.807, 2.05) is 13.8 Å². The Morgan fingerprint density at radius 3 is 2.60 bits per heavy atom. The van der Waals surface area contributed by atoms with Crippen molar-refractivity contribution in [1.82, 2.24) is 14.5 Å². The summed E-state index contributed by atoms with van der Waals surface area (Å²) in [6.45, 7) is 4.84. The lowest BCUT2D eigenvalue weighted by Gasteiger charge is -2.48. The number of carbonyl (C=O) groups excluding carboxylic acids is 1. The lowest BCUT2D eigenvalue weighted by atomic mass is 9.88. The first-order chi connectivity index (χ1) is 6.52. The van der Waals surface area contributed by atoms with Crippen LogP contribution in [-0.4, -0.2) is 32.5 Å². The molecule has 5 nitrogen and oxygen atoms in total. The molecule has 0 aromatic carbocycles. The van der Waals surface area contributed by atoms with Gasteiger partial charge in [-0.3, -0.25) is 4.79 Å². The quantitative estimate of drug-likeness (QED) is 0.810. The summed E-state index contributed by atoms with van der Waals surface area (Å²) in [7, 11) is 0. The van der Waals surface area contributed by atoms with Gasteiger partial charge in [-0.25, -0.2) is 0 Å². The van der Waals surface area contributed by atoms with Gasteiger partial charge in [0.1, 0.15) is 5.00 Å². The first-order valence-electron chi connectivity index (χ1n) is 4.42. The zero-order valence-electron chi connectivity index (χ0n) is 8.56. The second-order valence-corrected chi connectivity index (χ2v) is 4.79. The van der Waals surface area contributed by atoms with Gasteiger partial charge in [-0.05, 0) is 20.3 Å². The summed E-state index contributed by atoms with van der Waals surface area (Å²) in [5.74, 6) is -0.104. The molecule has 84 valence electrons. The average molecular weight is 249 g/mol. The van der Waals surface area contributed by atoms with Crippen LogP contribution in [0.1, 0.15) is 30.8 Å². The van der Waals surface area contributed by atoms with E-state index in [4.69, 9.17) is 5.73 Å². The van der Waals surface area contributed by atoms with Crippen molar-refractivity contribution in [2.24, 2.45) is 0 Å². The highest BCUT2D eigenvalue weighted by atomic mass is 35.5. The van der Waals surface area contributed by atoms with Crippen molar-refractivity contribution in [2.75, 3.05) is 12.3 Å². The third kappa shape index (κ3) is 1.91. The lowest BCUT2D eigenvalue weighted by molar-refractivity contribution is 0.0153. The fourth-order valence-corrected chi connectivity index (χ4v) is 1.95. The minimum absolute atomic E-state index is 0. The van der Waals surface area contributed by atoms with Crippen molar-refractivity contribution in [1.29, 1.82) is 0 Å². The summed E-state index contributed by atoms with van der Waals surface area (Å²) in [4.78, 5) is 13.7. The van der Waals surface area contributed by atoms with Crippen molar-refractivity contribution in [3.05, 3.63) is 5.69 Å². The predicted molar refractivity (Wildman–Crippen MR) is 61.3 cm³/mol. The highest BCUT2D eigenvalue weighted by Crippen LogP contribution is 2.31. The SMILES string of the molecule is CC1(C)CCN1C(=O)c1nnsc1N.Cl. The summed E-state index contributed by atoms with van der Waals surface area (Å²) >= 11 is 1.05. The van der Waals surface area contributed by atoms with Gasteiger partial charge in [0.25, 0.3) is 5.91 Å². The maximum absolute atomic E-state index is 11.9. The molecule has 2 heterocycles. The zero-order chi connectivity index (χ0) is 10.3. The number of hydrogen-bond donors (Lipinski definition) is 1. The standard InChI is InChI=1S/C8H12N4OS.ClH/c1-8(2)3-4-12(8)7(13)5-6(9)14-11-10-5;/h3-4,9H2,1-2H3;1H. The number of anilines is 1. The Balaban J connectivity index is 0.00000112. The molecule has 0 unspecified atom stereocenters. The molecule has 2 N–H and O–H groups in total. The molecule has 1 amide bonds. The monoisotopic (exact) mass is 248 g/mol. The van der Waals surface area contributed by atoms with E-state index in [1.54, 1.807) is 4.90 Å². The molecule has 1 aromatic rings. The Morgan fingerprint density at radius 1 is 1.60 bits per heavy atom. The molecule has 0 atom stereocenters. The molecule has 2 rings (SSSR count). The number of amides is 1. The maximum Gasteiger partial charge on any atom is 0.277 e. The first kappa shape index (κ1) is 12.2. The third-order valence-corrected chi connectivity index (χ3v) is 3.19. The van der Waals surface area contributed by atoms with Crippen LogP contribution in [0.3, 0.4) is 0 Å². The number of nitrogen functional groups attached to an aromatic ring is 1. The smallest absolute Gasteiger partial charge is 0.277 e. The van der Waals surface area contributed by atoms with Gasteiger partial charge < -0.3 is 10.6 Å². The molecule has 1 fully saturated rings. The molecular weight excluding hydrogens is 236 g/mol. The average Bonchev–Trinajstić information content (AvgIpc) is 2.49. The molecule has 0 spiro atoms. The van der Waals surface area contributed by atoms with Crippen LogP contribution in [-0.2, 0) is 0 Å². The Morgan fingerprint density at radius 2 is 2.27 bits per heavy atom. The molecule has 1 aliphatic heterocycles.